The summed E-state index contributed by atoms with van der Waals surface area (Å²) in [7, 11) is 0. The van der Waals surface area contributed by atoms with Gasteiger partial charge in [0.05, 0.1) is 0 Å². The third-order valence-electron chi connectivity index (χ3n) is 2.26. The second-order valence-electron chi connectivity index (χ2n) is 4.04. The van der Waals surface area contributed by atoms with Gasteiger partial charge in [0.15, 0.2) is 6.61 Å². The first-order valence-electron chi connectivity index (χ1n) is 5.60. The highest BCUT2D eigenvalue weighted by molar-refractivity contribution is 5.77. The summed E-state index contributed by atoms with van der Waals surface area (Å²) in [4.78, 5) is 11.1. The van der Waals surface area contributed by atoms with Crippen LogP contribution in [0.2, 0.25) is 0 Å². The SMILES string of the molecule is C[C@H](N)c1ccc(OCC(=O)NCC(F)(F)F)cc1. The number of hydrogen-bond donors (Lipinski definition) is 2. The molecule has 0 aromatic heterocycles. The van der Waals surface area contributed by atoms with Gasteiger partial charge in [-0.3, -0.25) is 4.79 Å². The van der Waals surface area contributed by atoms with E-state index in [1.807, 2.05) is 6.92 Å². The molecule has 4 nitrogen and oxygen atoms in total. The molecule has 19 heavy (non-hydrogen) atoms. The van der Waals surface area contributed by atoms with Gasteiger partial charge >= 0.3 is 6.18 Å². The Kier molecular flexibility index (Phi) is 5.17. The van der Waals surface area contributed by atoms with Crippen LogP contribution in [0.1, 0.15) is 18.5 Å². The molecular formula is C12H15F3N2O2. The minimum Gasteiger partial charge on any atom is -0.484 e. The van der Waals surface area contributed by atoms with Gasteiger partial charge in [0.25, 0.3) is 5.91 Å². The van der Waals surface area contributed by atoms with Crippen molar-refractivity contribution < 1.29 is 22.7 Å². The normalized spacial score (nSPS) is 12.9. The number of benzene rings is 1. The van der Waals surface area contributed by atoms with Gasteiger partial charge in [0, 0.05) is 6.04 Å². The van der Waals surface area contributed by atoms with Crippen LogP contribution in [0.25, 0.3) is 0 Å². The lowest BCUT2D eigenvalue weighted by Gasteiger charge is -2.10. The maximum atomic E-state index is 11.8. The maximum absolute atomic E-state index is 11.8. The molecule has 7 heteroatoms. The summed E-state index contributed by atoms with van der Waals surface area (Å²) in [6, 6.07) is 6.55. The van der Waals surface area contributed by atoms with Crippen LogP contribution in [0.5, 0.6) is 5.75 Å². The predicted molar refractivity (Wildman–Crippen MR) is 63.6 cm³/mol. The van der Waals surface area contributed by atoms with E-state index < -0.39 is 25.2 Å². The molecule has 0 bridgehead atoms. The zero-order chi connectivity index (χ0) is 14.5. The molecule has 0 heterocycles. The lowest BCUT2D eigenvalue weighted by molar-refractivity contribution is -0.139. The first-order valence-corrected chi connectivity index (χ1v) is 5.60. The van der Waals surface area contributed by atoms with Crippen molar-refractivity contribution in [3.05, 3.63) is 29.8 Å². The smallest absolute Gasteiger partial charge is 0.405 e. The number of ether oxygens (including phenoxy) is 1. The highest BCUT2D eigenvalue weighted by Crippen LogP contribution is 2.16. The third-order valence-corrected chi connectivity index (χ3v) is 2.26. The molecule has 106 valence electrons. The number of carbonyl (C=O) groups excluding carboxylic acids is 1. The zero-order valence-corrected chi connectivity index (χ0v) is 10.3. The zero-order valence-electron chi connectivity index (χ0n) is 10.3. The van der Waals surface area contributed by atoms with E-state index in [0.29, 0.717) is 5.75 Å². The Hall–Kier alpha value is -1.76. The molecule has 1 aromatic rings. The van der Waals surface area contributed by atoms with Gasteiger partial charge in [-0.15, -0.1) is 0 Å². The fraction of sp³-hybridized carbons (Fsp3) is 0.417. The Bertz CT molecular complexity index is 416. The van der Waals surface area contributed by atoms with Gasteiger partial charge in [-0.05, 0) is 24.6 Å². The third kappa shape index (κ3) is 6.10. The van der Waals surface area contributed by atoms with Gasteiger partial charge in [-0.2, -0.15) is 13.2 Å². The number of nitrogens with two attached hydrogens (primary N) is 1. The largest absolute Gasteiger partial charge is 0.484 e. The fourth-order valence-electron chi connectivity index (χ4n) is 1.27. The van der Waals surface area contributed by atoms with E-state index >= 15 is 0 Å². The van der Waals surface area contributed by atoms with E-state index in [2.05, 4.69) is 0 Å². The van der Waals surface area contributed by atoms with Crippen molar-refractivity contribution in [2.24, 2.45) is 5.73 Å². The van der Waals surface area contributed by atoms with Gasteiger partial charge in [-0.1, -0.05) is 12.1 Å². The van der Waals surface area contributed by atoms with E-state index in [0.717, 1.165) is 5.56 Å². The van der Waals surface area contributed by atoms with E-state index in [1.165, 1.54) is 0 Å². The molecule has 0 saturated heterocycles. The Morgan fingerprint density at radius 3 is 2.42 bits per heavy atom. The van der Waals surface area contributed by atoms with Crippen molar-refractivity contribution in [1.82, 2.24) is 5.32 Å². The van der Waals surface area contributed by atoms with Crippen LogP contribution >= 0.6 is 0 Å². The average Bonchev–Trinajstić information content (AvgIpc) is 2.33. The Morgan fingerprint density at radius 1 is 1.37 bits per heavy atom. The van der Waals surface area contributed by atoms with Crippen molar-refractivity contribution in [1.29, 1.82) is 0 Å². The van der Waals surface area contributed by atoms with Crippen molar-refractivity contribution in [2.45, 2.75) is 19.1 Å². The number of amides is 1. The van der Waals surface area contributed by atoms with Crippen LogP contribution in [0.15, 0.2) is 24.3 Å². The standard InChI is InChI=1S/C12H15F3N2O2/c1-8(16)9-2-4-10(5-3-9)19-6-11(18)17-7-12(13,14)15/h2-5,8H,6-7,16H2,1H3,(H,17,18)/t8-/m0/s1. The molecule has 0 fully saturated rings. The first kappa shape index (κ1) is 15.3. The molecule has 0 spiro atoms. The van der Waals surface area contributed by atoms with E-state index in [1.54, 1.807) is 29.6 Å². The lowest BCUT2D eigenvalue weighted by Crippen LogP contribution is -2.36. The molecule has 0 saturated carbocycles. The molecule has 0 radical (unpaired) electrons. The molecule has 0 aliphatic carbocycles. The number of hydrogen-bond acceptors (Lipinski definition) is 3. The summed E-state index contributed by atoms with van der Waals surface area (Å²) in [6.45, 7) is -0.00707. The lowest BCUT2D eigenvalue weighted by atomic mass is 10.1. The maximum Gasteiger partial charge on any atom is 0.405 e. The molecule has 0 unspecified atom stereocenters. The van der Waals surface area contributed by atoms with Crippen LogP contribution < -0.4 is 15.8 Å². The Morgan fingerprint density at radius 2 is 1.95 bits per heavy atom. The Balaban J connectivity index is 2.38. The summed E-state index contributed by atoms with van der Waals surface area (Å²) in [6.07, 6.45) is -4.42. The molecule has 1 atom stereocenters. The summed E-state index contributed by atoms with van der Waals surface area (Å²) < 4.78 is 40.5. The second-order valence-corrected chi connectivity index (χ2v) is 4.04. The van der Waals surface area contributed by atoms with Crippen molar-refractivity contribution in [2.75, 3.05) is 13.2 Å². The summed E-state index contributed by atoms with van der Waals surface area (Å²) >= 11 is 0. The quantitative estimate of drug-likeness (QED) is 0.861. The van der Waals surface area contributed by atoms with Crippen LogP contribution in [-0.2, 0) is 4.79 Å². The fourth-order valence-corrected chi connectivity index (χ4v) is 1.27. The minimum absolute atomic E-state index is 0.121. The molecule has 0 aliphatic heterocycles. The van der Waals surface area contributed by atoms with Gasteiger partial charge in [0.1, 0.15) is 12.3 Å². The first-order chi connectivity index (χ1) is 8.78. The van der Waals surface area contributed by atoms with Gasteiger partial charge in [0.2, 0.25) is 0 Å². The number of alkyl halides is 3. The second kappa shape index (κ2) is 6.42. The van der Waals surface area contributed by atoms with Crippen LogP contribution in [0, 0.1) is 0 Å². The van der Waals surface area contributed by atoms with Crippen molar-refractivity contribution >= 4 is 5.91 Å². The van der Waals surface area contributed by atoms with Crippen LogP contribution in [0.3, 0.4) is 0 Å². The monoisotopic (exact) mass is 276 g/mol. The summed E-state index contributed by atoms with van der Waals surface area (Å²) in [5.41, 5.74) is 6.55. The summed E-state index contributed by atoms with van der Waals surface area (Å²) in [5.74, 6) is -0.430. The highest BCUT2D eigenvalue weighted by Gasteiger charge is 2.27. The number of nitrogens with one attached hydrogen (secondary N) is 1. The van der Waals surface area contributed by atoms with Crippen LogP contribution in [0.4, 0.5) is 13.2 Å². The highest BCUT2D eigenvalue weighted by atomic mass is 19.4. The van der Waals surface area contributed by atoms with Gasteiger partial charge < -0.3 is 15.8 Å². The van der Waals surface area contributed by atoms with Crippen molar-refractivity contribution in [3.8, 4) is 5.75 Å². The van der Waals surface area contributed by atoms with E-state index in [4.69, 9.17) is 10.5 Å². The molecular weight excluding hydrogens is 261 g/mol. The minimum atomic E-state index is -4.42. The predicted octanol–water partition coefficient (Wildman–Crippen LogP) is 1.76. The topological polar surface area (TPSA) is 64.3 Å². The number of rotatable bonds is 5. The molecule has 3 N–H and O–H groups in total. The average molecular weight is 276 g/mol. The summed E-state index contributed by atoms with van der Waals surface area (Å²) in [5, 5.41) is 1.71. The number of carbonyl (C=O) groups is 1. The van der Waals surface area contributed by atoms with Gasteiger partial charge in [-0.25, -0.2) is 0 Å². The Labute approximate surface area is 108 Å². The number of halogens is 3. The van der Waals surface area contributed by atoms with E-state index in [-0.39, 0.29) is 6.04 Å². The molecule has 1 rings (SSSR count). The van der Waals surface area contributed by atoms with Crippen LogP contribution in [-0.4, -0.2) is 25.2 Å². The van der Waals surface area contributed by atoms with E-state index in [9.17, 15) is 18.0 Å². The molecule has 0 aliphatic rings. The molecule has 1 aromatic carbocycles. The molecule has 1 amide bonds. The van der Waals surface area contributed by atoms with Crippen molar-refractivity contribution in [3.63, 3.8) is 0 Å².